The average Bonchev–Trinajstić information content (AvgIpc) is 3.15. The van der Waals surface area contributed by atoms with Crippen molar-refractivity contribution >= 4 is 29.3 Å². The first kappa shape index (κ1) is 19.7. The van der Waals surface area contributed by atoms with E-state index in [1.807, 2.05) is 23.1 Å². The predicted molar refractivity (Wildman–Crippen MR) is 114 cm³/mol. The average molecular weight is 408 g/mol. The van der Waals surface area contributed by atoms with Gasteiger partial charge in [0.15, 0.2) is 0 Å². The summed E-state index contributed by atoms with van der Waals surface area (Å²) in [6.07, 6.45) is 1.78. The molecule has 2 amide bonds. The van der Waals surface area contributed by atoms with Gasteiger partial charge < -0.3 is 19.9 Å². The minimum absolute atomic E-state index is 0.00470. The molecule has 1 aromatic heterocycles. The van der Waals surface area contributed by atoms with Crippen LogP contribution in [-0.4, -0.2) is 67.0 Å². The summed E-state index contributed by atoms with van der Waals surface area (Å²) in [5, 5.41) is 5.61. The number of rotatable bonds is 5. The Bertz CT molecular complexity index is 924. The summed E-state index contributed by atoms with van der Waals surface area (Å²) in [4.78, 5) is 37.7. The molecule has 0 saturated carbocycles. The van der Waals surface area contributed by atoms with E-state index >= 15 is 0 Å². The number of aromatic nitrogens is 1. The summed E-state index contributed by atoms with van der Waals surface area (Å²) < 4.78 is 5.10. The number of pyridine rings is 1. The van der Waals surface area contributed by atoms with Crippen LogP contribution in [0.25, 0.3) is 0 Å². The van der Waals surface area contributed by atoms with Crippen LogP contribution in [0.2, 0.25) is 0 Å². The van der Waals surface area contributed by atoms with Crippen molar-refractivity contribution < 1.29 is 14.3 Å². The Morgan fingerprint density at radius 1 is 1.13 bits per heavy atom. The Morgan fingerprint density at radius 2 is 1.87 bits per heavy atom. The molecule has 0 aliphatic carbocycles. The van der Waals surface area contributed by atoms with Gasteiger partial charge in [-0.05, 0) is 36.4 Å². The fourth-order valence-electron chi connectivity index (χ4n) is 3.48. The van der Waals surface area contributed by atoms with Crippen molar-refractivity contribution in [1.29, 1.82) is 0 Å². The molecule has 2 N–H and O–H groups in total. The molecule has 9 nitrogen and oxygen atoms in total. The van der Waals surface area contributed by atoms with Gasteiger partial charge in [0.05, 0.1) is 13.5 Å². The SMILES string of the molecule is COc1ccc(NC(=O)C[C@H]2N=C(N3CCN(c4ccccn4)CC3)NC2=O)cc1. The second-order valence-electron chi connectivity index (χ2n) is 7.10. The molecule has 1 fully saturated rings. The lowest BCUT2D eigenvalue weighted by atomic mass is 10.2. The number of guanidine groups is 1. The summed E-state index contributed by atoms with van der Waals surface area (Å²) in [6, 6.07) is 12.2. The lowest BCUT2D eigenvalue weighted by molar-refractivity contribution is -0.123. The highest BCUT2D eigenvalue weighted by Gasteiger charge is 2.32. The first-order valence-corrected chi connectivity index (χ1v) is 9.86. The normalized spacial score (nSPS) is 18.6. The molecular formula is C21H24N6O3. The fourth-order valence-corrected chi connectivity index (χ4v) is 3.48. The van der Waals surface area contributed by atoms with E-state index in [-0.39, 0.29) is 18.2 Å². The Morgan fingerprint density at radius 3 is 2.53 bits per heavy atom. The number of nitrogens with zero attached hydrogens (tertiary/aromatic N) is 4. The number of benzene rings is 1. The minimum Gasteiger partial charge on any atom is -0.497 e. The van der Waals surface area contributed by atoms with Crippen LogP contribution < -0.4 is 20.3 Å². The van der Waals surface area contributed by atoms with E-state index in [1.54, 1.807) is 37.6 Å². The number of hydrogen-bond donors (Lipinski definition) is 2. The first-order valence-electron chi connectivity index (χ1n) is 9.86. The van der Waals surface area contributed by atoms with Crippen LogP contribution in [-0.2, 0) is 9.59 Å². The number of nitrogens with one attached hydrogen (secondary N) is 2. The van der Waals surface area contributed by atoms with E-state index in [0.29, 0.717) is 17.4 Å². The van der Waals surface area contributed by atoms with Gasteiger partial charge in [-0.25, -0.2) is 9.98 Å². The maximum Gasteiger partial charge on any atom is 0.252 e. The van der Waals surface area contributed by atoms with Crippen LogP contribution in [0.1, 0.15) is 6.42 Å². The maximum atomic E-state index is 12.3. The number of methoxy groups -OCH3 is 1. The molecule has 2 aliphatic rings. The van der Waals surface area contributed by atoms with Gasteiger partial charge in [-0.1, -0.05) is 6.07 Å². The summed E-state index contributed by atoms with van der Waals surface area (Å²) >= 11 is 0. The number of hydrogen-bond acceptors (Lipinski definition) is 7. The van der Waals surface area contributed by atoms with Gasteiger partial charge in [-0.2, -0.15) is 0 Å². The molecule has 1 atom stereocenters. The Balaban J connectivity index is 1.31. The van der Waals surface area contributed by atoms with E-state index in [0.717, 1.165) is 32.0 Å². The van der Waals surface area contributed by atoms with Crippen molar-refractivity contribution in [2.75, 3.05) is 43.5 Å². The molecule has 2 aliphatic heterocycles. The third-order valence-electron chi connectivity index (χ3n) is 5.12. The van der Waals surface area contributed by atoms with E-state index in [4.69, 9.17) is 4.74 Å². The maximum absolute atomic E-state index is 12.3. The van der Waals surface area contributed by atoms with Crippen molar-refractivity contribution in [1.82, 2.24) is 15.2 Å². The number of aliphatic imine (C=N–C) groups is 1. The molecule has 0 bridgehead atoms. The van der Waals surface area contributed by atoms with Gasteiger partial charge in [0.2, 0.25) is 11.9 Å². The van der Waals surface area contributed by atoms with Gasteiger partial charge >= 0.3 is 0 Å². The molecule has 1 aromatic carbocycles. The Labute approximate surface area is 174 Å². The molecule has 9 heteroatoms. The molecule has 2 aromatic rings. The zero-order valence-electron chi connectivity index (χ0n) is 16.7. The monoisotopic (exact) mass is 408 g/mol. The van der Waals surface area contributed by atoms with Crippen LogP contribution >= 0.6 is 0 Å². The van der Waals surface area contributed by atoms with Crippen LogP contribution in [0.15, 0.2) is 53.7 Å². The molecule has 3 heterocycles. The molecule has 0 spiro atoms. The van der Waals surface area contributed by atoms with Gasteiger partial charge in [0, 0.05) is 38.1 Å². The predicted octanol–water partition coefficient (Wildman–Crippen LogP) is 1.10. The molecular weight excluding hydrogens is 384 g/mol. The molecule has 1 saturated heterocycles. The van der Waals surface area contributed by atoms with E-state index < -0.39 is 6.04 Å². The second-order valence-corrected chi connectivity index (χ2v) is 7.10. The minimum atomic E-state index is -0.716. The summed E-state index contributed by atoms with van der Waals surface area (Å²) in [7, 11) is 1.58. The second kappa shape index (κ2) is 8.81. The van der Waals surface area contributed by atoms with Crippen molar-refractivity contribution in [2.24, 2.45) is 4.99 Å². The van der Waals surface area contributed by atoms with Crippen LogP contribution in [0.4, 0.5) is 11.5 Å². The molecule has 0 radical (unpaired) electrons. The molecule has 0 unspecified atom stereocenters. The first-order chi connectivity index (χ1) is 14.6. The number of piperazine rings is 1. The van der Waals surface area contributed by atoms with E-state index in [9.17, 15) is 9.59 Å². The van der Waals surface area contributed by atoms with Gasteiger partial charge in [-0.3, -0.25) is 14.9 Å². The fraction of sp³-hybridized carbons (Fsp3) is 0.333. The van der Waals surface area contributed by atoms with Crippen molar-refractivity contribution in [2.45, 2.75) is 12.5 Å². The lowest BCUT2D eigenvalue weighted by Gasteiger charge is -2.36. The van der Waals surface area contributed by atoms with Crippen LogP contribution in [0.3, 0.4) is 0 Å². The van der Waals surface area contributed by atoms with Gasteiger partial charge in [-0.15, -0.1) is 0 Å². The number of anilines is 2. The number of amides is 2. The topological polar surface area (TPSA) is 99.2 Å². The smallest absolute Gasteiger partial charge is 0.252 e. The summed E-state index contributed by atoms with van der Waals surface area (Å²) in [6.45, 7) is 3.02. The number of ether oxygens (including phenoxy) is 1. The highest BCUT2D eigenvalue weighted by molar-refractivity contribution is 6.07. The van der Waals surface area contributed by atoms with Crippen molar-refractivity contribution in [3.63, 3.8) is 0 Å². The number of carbonyl (C=O) groups excluding carboxylic acids is 2. The molecule has 30 heavy (non-hydrogen) atoms. The third kappa shape index (κ3) is 4.51. The molecule has 4 rings (SSSR count). The van der Waals surface area contributed by atoms with Crippen LogP contribution in [0.5, 0.6) is 5.75 Å². The Kier molecular flexibility index (Phi) is 5.78. The van der Waals surface area contributed by atoms with Gasteiger partial charge in [0.1, 0.15) is 17.6 Å². The third-order valence-corrected chi connectivity index (χ3v) is 5.12. The number of carbonyl (C=O) groups is 2. The van der Waals surface area contributed by atoms with Crippen molar-refractivity contribution in [3.05, 3.63) is 48.7 Å². The summed E-state index contributed by atoms with van der Waals surface area (Å²) in [5.74, 6) is 1.69. The highest BCUT2D eigenvalue weighted by Crippen LogP contribution is 2.17. The molecule has 156 valence electrons. The van der Waals surface area contributed by atoms with Gasteiger partial charge in [0.25, 0.3) is 5.91 Å². The van der Waals surface area contributed by atoms with E-state index in [1.165, 1.54) is 0 Å². The lowest BCUT2D eigenvalue weighted by Crippen LogP contribution is -2.52. The van der Waals surface area contributed by atoms with Crippen molar-refractivity contribution in [3.8, 4) is 5.75 Å². The zero-order chi connectivity index (χ0) is 20.9. The quantitative estimate of drug-likeness (QED) is 0.769. The van der Waals surface area contributed by atoms with E-state index in [2.05, 4.69) is 25.5 Å². The Hall–Kier alpha value is -3.62. The highest BCUT2D eigenvalue weighted by atomic mass is 16.5. The summed E-state index contributed by atoms with van der Waals surface area (Å²) in [5.41, 5.74) is 0.647. The van der Waals surface area contributed by atoms with Crippen LogP contribution in [0, 0.1) is 0 Å². The zero-order valence-corrected chi connectivity index (χ0v) is 16.7. The largest absolute Gasteiger partial charge is 0.497 e. The standard InChI is InChI=1S/C21H24N6O3/c1-30-16-7-5-15(6-8-16)23-19(28)14-17-20(29)25-21(24-17)27-12-10-26(11-13-27)18-4-2-3-9-22-18/h2-9,17H,10-14H2,1H3,(H,23,28)(H,24,25,29)/t17-/m1/s1.